The largest absolute Gasteiger partial charge is 0.341 e. The van der Waals surface area contributed by atoms with Gasteiger partial charge in [0.1, 0.15) is 6.54 Å². The lowest BCUT2D eigenvalue weighted by atomic mass is 9.98. The third kappa shape index (κ3) is 3.80. The average molecular weight is 396 g/mol. The number of hydrogen-bond acceptors (Lipinski definition) is 3. The molecule has 1 atom stereocenters. The van der Waals surface area contributed by atoms with Crippen molar-refractivity contribution in [2.45, 2.75) is 58.0 Å². The van der Waals surface area contributed by atoms with Crippen LogP contribution in [0.3, 0.4) is 0 Å². The summed E-state index contributed by atoms with van der Waals surface area (Å²) < 4.78 is 1.82. The first kappa shape index (κ1) is 19.7. The fraction of sp³-hybridized carbons (Fsp3) is 0.522. The smallest absolute Gasteiger partial charge is 0.295 e. The molecule has 2 aromatic rings. The van der Waals surface area contributed by atoms with Crippen LogP contribution in [0.1, 0.15) is 55.8 Å². The van der Waals surface area contributed by atoms with E-state index in [2.05, 4.69) is 6.92 Å². The van der Waals surface area contributed by atoms with Crippen LogP contribution in [0.2, 0.25) is 0 Å². The molecular formula is C23H29N3O3. The van der Waals surface area contributed by atoms with E-state index in [9.17, 15) is 14.4 Å². The number of nitrogens with zero attached hydrogens (tertiary/aromatic N) is 3. The number of amides is 2. The summed E-state index contributed by atoms with van der Waals surface area (Å²) in [5.41, 5.74) is 1.22. The topological polar surface area (TPSA) is 62.6 Å². The summed E-state index contributed by atoms with van der Waals surface area (Å²) in [5.74, 6) is -0.810. The molecule has 0 saturated carbocycles. The first-order chi connectivity index (χ1) is 14.1. The van der Waals surface area contributed by atoms with Crippen molar-refractivity contribution in [3.63, 3.8) is 0 Å². The maximum atomic E-state index is 13.2. The molecule has 3 heterocycles. The van der Waals surface area contributed by atoms with Crippen LogP contribution in [0, 0.1) is 0 Å². The molecule has 0 unspecified atom stereocenters. The molecule has 2 fully saturated rings. The Kier molecular flexibility index (Phi) is 5.69. The molecule has 154 valence electrons. The van der Waals surface area contributed by atoms with Crippen molar-refractivity contribution in [1.82, 2.24) is 14.4 Å². The summed E-state index contributed by atoms with van der Waals surface area (Å²) in [5, 5.41) is 0.741. The first-order valence-corrected chi connectivity index (χ1v) is 10.8. The van der Waals surface area contributed by atoms with Gasteiger partial charge in [-0.3, -0.25) is 14.4 Å². The van der Waals surface area contributed by atoms with E-state index >= 15 is 0 Å². The molecular weight excluding hydrogens is 366 g/mol. The summed E-state index contributed by atoms with van der Waals surface area (Å²) in [6.07, 6.45) is 7.67. The molecule has 1 aromatic heterocycles. The molecule has 2 saturated heterocycles. The zero-order chi connectivity index (χ0) is 20.4. The van der Waals surface area contributed by atoms with Gasteiger partial charge in [0.05, 0.1) is 5.56 Å². The van der Waals surface area contributed by atoms with Crippen molar-refractivity contribution in [2.75, 3.05) is 19.6 Å². The van der Waals surface area contributed by atoms with Crippen LogP contribution >= 0.6 is 0 Å². The van der Waals surface area contributed by atoms with E-state index in [0.29, 0.717) is 12.1 Å². The monoisotopic (exact) mass is 395 g/mol. The number of rotatable bonds is 5. The van der Waals surface area contributed by atoms with Gasteiger partial charge in [0.2, 0.25) is 5.91 Å². The van der Waals surface area contributed by atoms with Gasteiger partial charge in [-0.15, -0.1) is 0 Å². The summed E-state index contributed by atoms with van der Waals surface area (Å²) >= 11 is 0. The molecule has 6 heteroatoms. The quantitative estimate of drug-likeness (QED) is 0.577. The molecule has 6 nitrogen and oxygen atoms in total. The third-order valence-corrected chi connectivity index (χ3v) is 6.35. The van der Waals surface area contributed by atoms with Gasteiger partial charge in [-0.25, -0.2) is 0 Å². The van der Waals surface area contributed by atoms with Crippen molar-refractivity contribution in [1.29, 1.82) is 0 Å². The molecule has 0 N–H and O–H groups in total. The molecule has 0 bridgehead atoms. The van der Waals surface area contributed by atoms with E-state index in [1.54, 1.807) is 11.1 Å². The minimum Gasteiger partial charge on any atom is -0.341 e. The fourth-order valence-corrected chi connectivity index (χ4v) is 4.71. The number of aromatic nitrogens is 1. The number of fused-ring (bicyclic) bond motifs is 1. The minimum absolute atomic E-state index is 0.0654. The fourth-order valence-electron chi connectivity index (χ4n) is 4.71. The second-order valence-electron chi connectivity index (χ2n) is 8.16. The second kappa shape index (κ2) is 8.39. The molecule has 0 spiro atoms. The number of piperidine rings is 1. The Balaban J connectivity index is 1.62. The molecule has 2 aliphatic rings. The lowest BCUT2D eigenvalue weighted by Gasteiger charge is -2.34. The molecule has 1 aromatic carbocycles. The summed E-state index contributed by atoms with van der Waals surface area (Å²) in [7, 11) is 0. The SMILES string of the molecule is CC[C@H]1CCCCN1C(=O)C(=O)c1cn(CC(=O)N2CCCC2)c2ccccc12. The Hall–Kier alpha value is -2.63. The van der Waals surface area contributed by atoms with Gasteiger partial charge in [-0.05, 0) is 44.6 Å². The van der Waals surface area contributed by atoms with Gasteiger partial charge in [0, 0.05) is 42.8 Å². The highest BCUT2D eigenvalue weighted by molar-refractivity contribution is 6.45. The molecule has 2 amide bonds. The Bertz CT molecular complexity index is 927. The van der Waals surface area contributed by atoms with Gasteiger partial charge in [-0.2, -0.15) is 0 Å². The van der Waals surface area contributed by atoms with E-state index in [4.69, 9.17) is 0 Å². The molecule has 29 heavy (non-hydrogen) atoms. The normalized spacial score (nSPS) is 19.7. The van der Waals surface area contributed by atoms with Gasteiger partial charge in [-0.1, -0.05) is 25.1 Å². The van der Waals surface area contributed by atoms with Crippen LogP contribution in [0.25, 0.3) is 10.9 Å². The van der Waals surface area contributed by atoms with Gasteiger partial charge < -0.3 is 14.4 Å². The van der Waals surface area contributed by atoms with E-state index in [1.165, 1.54) is 0 Å². The van der Waals surface area contributed by atoms with E-state index < -0.39 is 11.7 Å². The van der Waals surface area contributed by atoms with Gasteiger partial charge in [0.25, 0.3) is 11.7 Å². The molecule has 0 aliphatic carbocycles. The van der Waals surface area contributed by atoms with E-state index in [-0.39, 0.29) is 18.5 Å². The number of likely N-dealkylation sites (tertiary alicyclic amines) is 2. The molecule has 4 rings (SSSR count). The van der Waals surface area contributed by atoms with Crippen molar-refractivity contribution in [2.24, 2.45) is 0 Å². The zero-order valence-electron chi connectivity index (χ0n) is 17.1. The average Bonchev–Trinajstić information content (AvgIpc) is 3.41. The number of carbonyl (C=O) groups excluding carboxylic acids is 3. The van der Waals surface area contributed by atoms with E-state index in [0.717, 1.165) is 62.5 Å². The predicted molar refractivity (Wildman–Crippen MR) is 112 cm³/mol. The second-order valence-corrected chi connectivity index (χ2v) is 8.16. The van der Waals surface area contributed by atoms with Crippen LogP contribution in [0.4, 0.5) is 0 Å². The maximum Gasteiger partial charge on any atom is 0.295 e. The number of carbonyl (C=O) groups is 3. The van der Waals surface area contributed by atoms with Crippen LogP contribution in [0.5, 0.6) is 0 Å². The number of para-hydroxylation sites is 1. The minimum atomic E-state index is -0.464. The van der Waals surface area contributed by atoms with Crippen LogP contribution in [-0.2, 0) is 16.1 Å². The van der Waals surface area contributed by atoms with Crippen LogP contribution in [0.15, 0.2) is 30.5 Å². The highest BCUT2D eigenvalue weighted by Crippen LogP contribution is 2.25. The number of benzene rings is 1. The zero-order valence-corrected chi connectivity index (χ0v) is 17.1. The van der Waals surface area contributed by atoms with Crippen molar-refractivity contribution in [3.8, 4) is 0 Å². The highest BCUT2D eigenvalue weighted by Gasteiger charge is 2.32. The summed E-state index contributed by atoms with van der Waals surface area (Å²) in [6.45, 7) is 4.51. The van der Waals surface area contributed by atoms with Gasteiger partial charge >= 0.3 is 0 Å². The van der Waals surface area contributed by atoms with Crippen LogP contribution < -0.4 is 0 Å². The number of ketones is 1. The summed E-state index contributed by atoms with van der Waals surface area (Å²) in [4.78, 5) is 42.5. The summed E-state index contributed by atoms with van der Waals surface area (Å²) in [6, 6.07) is 7.67. The number of hydrogen-bond donors (Lipinski definition) is 0. The van der Waals surface area contributed by atoms with Crippen molar-refractivity contribution >= 4 is 28.5 Å². The first-order valence-electron chi connectivity index (χ1n) is 10.8. The number of Topliss-reactive ketones (excluding diaryl/α,β-unsaturated/α-hetero) is 1. The lowest BCUT2D eigenvalue weighted by molar-refractivity contribution is -0.131. The molecule has 2 aliphatic heterocycles. The van der Waals surface area contributed by atoms with Gasteiger partial charge in [0.15, 0.2) is 0 Å². The Labute approximate surface area is 171 Å². The van der Waals surface area contributed by atoms with Crippen LogP contribution in [-0.4, -0.2) is 57.6 Å². The molecule has 0 radical (unpaired) electrons. The Morgan fingerprint density at radius 3 is 2.48 bits per heavy atom. The maximum absolute atomic E-state index is 13.2. The Morgan fingerprint density at radius 2 is 1.72 bits per heavy atom. The van der Waals surface area contributed by atoms with Crippen molar-refractivity contribution < 1.29 is 14.4 Å². The predicted octanol–water partition coefficient (Wildman–Crippen LogP) is 3.24. The standard InChI is InChI=1S/C23H29N3O3/c1-2-17-9-5-6-14-26(17)23(29)22(28)19-15-25(20-11-4-3-10-18(19)20)16-21(27)24-12-7-8-13-24/h3-4,10-11,15,17H,2,5-9,12-14,16H2,1H3/t17-/m0/s1. The third-order valence-electron chi connectivity index (χ3n) is 6.35. The highest BCUT2D eigenvalue weighted by atomic mass is 16.2. The van der Waals surface area contributed by atoms with Crippen molar-refractivity contribution in [3.05, 3.63) is 36.0 Å². The Morgan fingerprint density at radius 1 is 1.00 bits per heavy atom. The lowest BCUT2D eigenvalue weighted by Crippen LogP contribution is -2.46. The van der Waals surface area contributed by atoms with E-state index in [1.807, 2.05) is 33.7 Å².